The van der Waals surface area contributed by atoms with Crippen molar-refractivity contribution in [2.24, 2.45) is 5.73 Å². The van der Waals surface area contributed by atoms with Gasteiger partial charge < -0.3 is 16.4 Å². The summed E-state index contributed by atoms with van der Waals surface area (Å²) >= 11 is 1.40. The predicted molar refractivity (Wildman–Crippen MR) is 96.7 cm³/mol. The van der Waals surface area contributed by atoms with Gasteiger partial charge in [0.05, 0.1) is 5.56 Å². The molecule has 6 nitrogen and oxygen atoms in total. The van der Waals surface area contributed by atoms with E-state index < -0.39 is 5.91 Å². The summed E-state index contributed by atoms with van der Waals surface area (Å²) in [5.41, 5.74) is 8.82. The van der Waals surface area contributed by atoms with E-state index in [2.05, 4.69) is 22.9 Å². The summed E-state index contributed by atoms with van der Waals surface area (Å²) < 4.78 is 0. The number of primary amides is 1. The zero-order valence-electron chi connectivity index (χ0n) is 13.4. The Morgan fingerprint density at radius 3 is 2.67 bits per heavy atom. The molecule has 1 aromatic heterocycles. The molecule has 2 heterocycles. The molecule has 0 radical (unpaired) electrons. The van der Waals surface area contributed by atoms with E-state index in [-0.39, 0.29) is 6.03 Å². The Kier molecular flexibility index (Phi) is 4.82. The smallest absolute Gasteiger partial charge is 0.324 e. The number of carbonyl (C=O) groups is 2. The van der Waals surface area contributed by atoms with E-state index in [1.165, 1.54) is 16.9 Å². The van der Waals surface area contributed by atoms with Crippen LogP contribution < -0.4 is 21.7 Å². The Balaban J connectivity index is 1.76. The van der Waals surface area contributed by atoms with Crippen molar-refractivity contribution in [3.8, 4) is 0 Å². The van der Waals surface area contributed by atoms with Crippen LogP contribution in [0.2, 0.25) is 0 Å². The number of nitrogens with one attached hydrogen (secondary N) is 3. The highest BCUT2D eigenvalue weighted by molar-refractivity contribution is 7.17. The topological polar surface area (TPSA) is 96.2 Å². The number of amides is 3. The molecule has 24 heavy (non-hydrogen) atoms. The molecule has 0 unspecified atom stereocenters. The molecule has 7 heteroatoms. The third-order valence-corrected chi connectivity index (χ3v) is 5.17. The fourth-order valence-electron chi connectivity index (χ4n) is 2.77. The maximum Gasteiger partial charge on any atom is 0.324 e. The quantitative estimate of drug-likeness (QED) is 0.686. The van der Waals surface area contributed by atoms with Gasteiger partial charge in [-0.05, 0) is 42.6 Å². The number of aryl methyl sites for hydroxylation is 1. The van der Waals surface area contributed by atoms with Crippen LogP contribution >= 0.6 is 11.3 Å². The normalized spacial score (nSPS) is 13.2. The first kappa shape index (κ1) is 16.5. The summed E-state index contributed by atoms with van der Waals surface area (Å²) in [6, 6.07) is 7.28. The van der Waals surface area contributed by atoms with E-state index in [1.807, 2.05) is 24.3 Å². The molecular weight excluding hydrogens is 324 g/mol. The SMILES string of the molecule is CCc1ccc(NC(=O)Nc2sc3c(c2C(N)=O)CCNC3)cc1. The van der Waals surface area contributed by atoms with Crippen molar-refractivity contribution in [2.45, 2.75) is 26.3 Å². The highest BCUT2D eigenvalue weighted by Gasteiger charge is 2.24. The largest absolute Gasteiger partial charge is 0.365 e. The number of nitrogens with two attached hydrogens (primary N) is 1. The summed E-state index contributed by atoms with van der Waals surface area (Å²) in [7, 11) is 0. The van der Waals surface area contributed by atoms with Crippen LogP contribution in [-0.2, 0) is 19.4 Å². The van der Waals surface area contributed by atoms with E-state index in [9.17, 15) is 9.59 Å². The van der Waals surface area contributed by atoms with Crippen molar-refractivity contribution in [3.05, 3.63) is 45.8 Å². The number of benzene rings is 1. The Bertz CT molecular complexity index is 768. The van der Waals surface area contributed by atoms with Gasteiger partial charge in [-0.3, -0.25) is 10.1 Å². The predicted octanol–water partition coefficient (Wildman–Crippen LogP) is 2.70. The van der Waals surface area contributed by atoms with Crippen LogP contribution in [0.3, 0.4) is 0 Å². The molecule has 5 N–H and O–H groups in total. The van der Waals surface area contributed by atoms with Gasteiger partial charge in [0.15, 0.2) is 0 Å². The lowest BCUT2D eigenvalue weighted by Gasteiger charge is -2.13. The van der Waals surface area contributed by atoms with Gasteiger partial charge in [-0.1, -0.05) is 19.1 Å². The minimum Gasteiger partial charge on any atom is -0.365 e. The lowest BCUT2D eigenvalue weighted by atomic mass is 10.0. The van der Waals surface area contributed by atoms with Gasteiger partial charge >= 0.3 is 6.03 Å². The summed E-state index contributed by atoms with van der Waals surface area (Å²) in [6.45, 7) is 3.58. The van der Waals surface area contributed by atoms with Crippen LogP contribution in [0, 0.1) is 0 Å². The zero-order valence-corrected chi connectivity index (χ0v) is 14.3. The molecule has 1 aliphatic heterocycles. The molecule has 1 aliphatic rings. The summed E-state index contributed by atoms with van der Waals surface area (Å²) in [5, 5.41) is 9.31. The Morgan fingerprint density at radius 2 is 2.00 bits per heavy atom. The standard InChI is InChI=1S/C17H20N4O2S/c1-2-10-3-5-11(6-4-10)20-17(23)21-16-14(15(18)22)12-7-8-19-9-13(12)24-16/h3-6,19H,2,7-9H2,1H3,(H2,18,22)(H2,20,21,23). The lowest BCUT2D eigenvalue weighted by Crippen LogP contribution is -2.25. The molecule has 1 aromatic carbocycles. The molecule has 3 amide bonds. The third kappa shape index (κ3) is 3.42. The lowest BCUT2D eigenvalue weighted by molar-refractivity contribution is 0.100. The third-order valence-electron chi connectivity index (χ3n) is 4.02. The highest BCUT2D eigenvalue weighted by Crippen LogP contribution is 2.35. The van der Waals surface area contributed by atoms with Crippen molar-refractivity contribution in [1.29, 1.82) is 0 Å². The number of anilines is 2. The molecule has 0 atom stereocenters. The molecule has 126 valence electrons. The Hall–Kier alpha value is -2.38. The van der Waals surface area contributed by atoms with Gasteiger partial charge in [-0.2, -0.15) is 0 Å². The molecule has 0 bridgehead atoms. The van der Waals surface area contributed by atoms with Crippen LogP contribution in [0.5, 0.6) is 0 Å². The van der Waals surface area contributed by atoms with E-state index in [1.54, 1.807) is 0 Å². The zero-order chi connectivity index (χ0) is 17.1. The summed E-state index contributed by atoms with van der Waals surface area (Å²) in [4.78, 5) is 25.1. The number of thiophene rings is 1. The van der Waals surface area contributed by atoms with Crippen molar-refractivity contribution >= 4 is 34.0 Å². The monoisotopic (exact) mass is 344 g/mol. The fourth-order valence-corrected chi connectivity index (χ4v) is 3.99. The van der Waals surface area contributed by atoms with Crippen molar-refractivity contribution in [1.82, 2.24) is 5.32 Å². The van der Waals surface area contributed by atoms with Gasteiger partial charge in [0.25, 0.3) is 5.91 Å². The maximum absolute atomic E-state index is 12.2. The minimum absolute atomic E-state index is 0.381. The number of hydrogen-bond donors (Lipinski definition) is 4. The second-order valence-corrected chi connectivity index (χ2v) is 6.73. The number of rotatable bonds is 4. The van der Waals surface area contributed by atoms with Gasteiger partial charge in [0.2, 0.25) is 0 Å². The second kappa shape index (κ2) is 7.02. The number of fused-ring (bicyclic) bond motifs is 1. The Labute approximate surface area is 144 Å². The highest BCUT2D eigenvalue weighted by atomic mass is 32.1. The number of hydrogen-bond acceptors (Lipinski definition) is 4. The molecule has 0 saturated heterocycles. The van der Waals surface area contributed by atoms with Gasteiger partial charge in [-0.15, -0.1) is 11.3 Å². The van der Waals surface area contributed by atoms with Crippen molar-refractivity contribution < 1.29 is 9.59 Å². The van der Waals surface area contributed by atoms with Crippen LogP contribution in [0.4, 0.5) is 15.5 Å². The molecular formula is C17H20N4O2S. The van der Waals surface area contributed by atoms with Crippen LogP contribution in [0.1, 0.15) is 33.3 Å². The molecule has 2 aromatic rings. The first-order chi connectivity index (χ1) is 11.6. The average Bonchev–Trinajstić information content (AvgIpc) is 2.93. The van der Waals surface area contributed by atoms with Gasteiger partial charge in [0.1, 0.15) is 5.00 Å². The van der Waals surface area contributed by atoms with E-state index in [4.69, 9.17) is 5.73 Å². The second-order valence-electron chi connectivity index (χ2n) is 5.63. The number of carbonyl (C=O) groups excluding carboxylic acids is 2. The minimum atomic E-state index is -0.503. The molecule has 0 fully saturated rings. The average molecular weight is 344 g/mol. The van der Waals surface area contributed by atoms with Crippen LogP contribution in [0.25, 0.3) is 0 Å². The fraction of sp³-hybridized carbons (Fsp3) is 0.294. The van der Waals surface area contributed by atoms with Crippen molar-refractivity contribution in [3.63, 3.8) is 0 Å². The first-order valence-electron chi connectivity index (χ1n) is 7.90. The Morgan fingerprint density at radius 1 is 1.25 bits per heavy atom. The molecule has 0 saturated carbocycles. The van der Waals surface area contributed by atoms with Gasteiger partial charge in [0, 0.05) is 17.1 Å². The maximum atomic E-state index is 12.2. The number of urea groups is 1. The van der Waals surface area contributed by atoms with Gasteiger partial charge in [-0.25, -0.2) is 4.79 Å². The van der Waals surface area contributed by atoms with E-state index >= 15 is 0 Å². The van der Waals surface area contributed by atoms with Crippen molar-refractivity contribution in [2.75, 3.05) is 17.2 Å². The summed E-state index contributed by atoms with van der Waals surface area (Å²) in [5.74, 6) is -0.503. The molecule has 3 rings (SSSR count). The van der Waals surface area contributed by atoms with Crippen LogP contribution in [0.15, 0.2) is 24.3 Å². The van der Waals surface area contributed by atoms with E-state index in [0.717, 1.165) is 29.8 Å². The molecule has 0 spiro atoms. The first-order valence-corrected chi connectivity index (χ1v) is 8.72. The summed E-state index contributed by atoms with van der Waals surface area (Å²) in [6.07, 6.45) is 1.69. The van der Waals surface area contributed by atoms with E-state index in [0.29, 0.717) is 22.8 Å². The molecule has 0 aliphatic carbocycles. The van der Waals surface area contributed by atoms with Crippen LogP contribution in [-0.4, -0.2) is 18.5 Å².